The second-order valence-corrected chi connectivity index (χ2v) is 4.03. The average molecular weight is 178 g/mol. The Morgan fingerprint density at radius 2 is 2.15 bits per heavy atom. The maximum atomic E-state index is 11.6. The number of piperidine rings is 1. The number of hydrogen-bond donors (Lipinski definition) is 0. The van der Waals surface area contributed by atoms with Crippen LogP contribution in [0.25, 0.3) is 0 Å². The van der Waals surface area contributed by atoms with Gasteiger partial charge in [-0.15, -0.1) is 0 Å². The van der Waals surface area contributed by atoms with E-state index in [1.165, 1.54) is 0 Å². The van der Waals surface area contributed by atoms with Crippen LogP contribution in [0.2, 0.25) is 0 Å². The van der Waals surface area contributed by atoms with Crippen molar-refractivity contribution in [1.82, 2.24) is 4.90 Å². The molecule has 0 aromatic rings. The highest BCUT2D eigenvalue weighted by molar-refractivity contribution is 5.81. The summed E-state index contributed by atoms with van der Waals surface area (Å²) < 4.78 is 0. The number of nitrogens with zero attached hydrogens (tertiary/aromatic N) is 2. The largest absolute Gasteiger partial charge is 0.341 e. The van der Waals surface area contributed by atoms with Crippen molar-refractivity contribution >= 4 is 5.91 Å². The van der Waals surface area contributed by atoms with Crippen molar-refractivity contribution in [1.29, 1.82) is 5.26 Å². The minimum absolute atomic E-state index is 0.0800. The number of carbonyl (C=O) groups is 1. The van der Waals surface area contributed by atoms with Gasteiger partial charge in [-0.1, -0.05) is 0 Å². The molecule has 1 aliphatic carbocycles. The molecule has 1 heterocycles. The first-order chi connectivity index (χ1) is 6.31. The molecule has 2 aliphatic rings. The highest BCUT2D eigenvalue weighted by atomic mass is 16.2. The molecule has 0 aromatic carbocycles. The molecular formula is C10H14N2O. The highest BCUT2D eigenvalue weighted by Crippen LogP contribution is 2.32. The standard InChI is InChI=1S/C10H14N2O/c11-6-8-2-1-5-12(7-8)10(13)9-3-4-9/h8-9H,1-5,7H2. The van der Waals surface area contributed by atoms with E-state index >= 15 is 0 Å². The Morgan fingerprint density at radius 3 is 2.77 bits per heavy atom. The molecular weight excluding hydrogens is 164 g/mol. The van der Waals surface area contributed by atoms with Gasteiger partial charge in [0, 0.05) is 19.0 Å². The van der Waals surface area contributed by atoms with Crippen LogP contribution in [0.4, 0.5) is 0 Å². The number of hydrogen-bond acceptors (Lipinski definition) is 2. The molecule has 1 saturated carbocycles. The van der Waals surface area contributed by atoms with Crippen molar-refractivity contribution < 1.29 is 4.79 Å². The van der Waals surface area contributed by atoms with E-state index in [1.54, 1.807) is 0 Å². The van der Waals surface area contributed by atoms with Gasteiger partial charge in [0.1, 0.15) is 0 Å². The Kier molecular flexibility index (Phi) is 2.22. The lowest BCUT2D eigenvalue weighted by molar-refractivity contribution is -0.133. The third-order valence-corrected chi connectivity index (χ3v) is 2.84. The number of likely N-dealkylation sites (tertiary alicyclic amines) is 1. The van der Waals surface area contributed by atoms with Crippen molar-refractivity contribution in [2.45, 2.75) is 25.7 Å². The third-order valence-electron chi connectivity index (χ3n) is 2.84. The van der Waals surface area contributed by atoms with Crippen molar-refractivity contribution in [2.75, 3.05) is 13.1 Å². The average Bonchev–Trinajstić information content (AvgIpc) is 3.00. The summed E-state index contributed by atoms with van der Waals surface area (Å²) in [5, 5.41) is 8.76. The molecule has 0 spiro atoms. The van der Waals surface area contributed by atoms with E-state index in [2.05, 4.69) is 6.07 Å². The van der Waals surface area contributed by atoms with Gasteiger partial charge in [0.15, 0.2) is 0 Å². The number of rotatable bonds is 1. The maximum absolute atomic E-state index is 11.6. The summed E-state index contributed by atoms with van der Waals surface area (Å²) in [4.78, 5) is 13.5. The van der Waals surface area contributed by atoms with Crippen molar-refractivity contribution in [3.63, 3.8) is 0 Å². The van der Waals surface area contributed by atoms with E-state index in [1.807, 2.05) is 4.90 Å². The van der Waals surface area contributed by atoms with Crippen molar-refractivity contribution in [2.24, 2.45) is 11.8 Å². The van der Waals surface area contributed by atoms with Gasteiger partial charge in [-0.2, -0.15) is 5.26 Å². The van der Waals surface area contributed by atoms with Gasteiger partial charge in [-0.05, 0) is 25.7 Å². The van der Waals surface area contributed by atoms with Gasteiger partial charge in [-0.25, -0.2) is 0 Å². The van der Waals surface area contributed by atoms with Crippen LogP contribution >= 0.6 is 0 Å². The SMILES string of the molecule is N#CC1CCCN(C(=O)C2CC2)C1. The van der Waals surface area contributed by atoms with Gasteiger partial charge >= 0.3 is 0 Å². The Morgan fingerprint density at radius 1 is 1.38 bits per heavy atom. The monoisotopic (exact) mass is 178 g/mol. The zero-order valence-corrected chi connectivity index (χ0v) is 7.70. The van der Waals surface area contributed by atoms with Crippen LogP contribution in [-0.2, 0) is 4.79 Å². The fourth-order valence-electron chi connectivity index (χ4n) is 1.87. The fraction of sp³-hybridized carbons (Fsp3) is 0.800. The van der Waals surface area contributed by atoms with Gasteiger partial charge in [-0.3, -0.25) is 4.79 Å². The van der Waals surface area contributed by atoms with E-state index in [0.29, 0.717) is 18.4 Å². The summed E-state index contributed by atoms with van der Waals surface area (Å²) in [7, 11) is 0. The molecule has 3 nitrogen and oxygen atoms in total. The van der Waals surface area contributed by atoms with Gasteiger partial charge in [0.2, 0.25) is 5.91 Å². The Balaban J connectivity index is 1.91. The molecule has 13 heavy (non-hydrogen) atoms. The first-order valence-corrected chi connectivity index (χ1v) is 4.99. The summed E-state index contributed by atoms with van der Waals surface area (Å²) in [6, 6.07) is 2.25. The Hall–Kier alpha value is -1.04. The smallest absolute Gasteiger partial charge is 0.225 e. The summed E-state index contributed by atoms with van der Waals surface area (Å²) in [6.45, 7) is 1.54. The van der Waals surface area contributed by atoms with Crippen LogP contribution in [0.1, 0.15) is 25.7 Å². The van der Waals surface area contributed by atoms with Crippen LogP contribution in [0.3, 0.4) is 0 Å². The minimum atomic E-state index is 0.0800. The lowest BCUT2D eigenvalue weighted by Gasteiger charge is -2.29. The molecule has 1 amide bonds. The summed E-state index contributed by atoms with van der Waals surface area (Å²) >= 11 is 0. The molecule has 0 aromatic heterocycles. The lowest BCUT2D eigenvalue weighted by atomic mass is 9.99. The molecule has 3 heteroatoms. The Labute approximate surface area is 78.3 Å². The second-order valence-electron chi connectivity index (χ2n) is 4.03. The molecule has 0 radical (unpaired) electrons. The first kappa shape index (κ1) is 8.55. The predicted molar refractivity (Wildman–Crippen MR) is 47.6 cm³/mol. The van der Waals surface area contributed by atoms with E-state index in [9.17, 15) is 4.79 Å². The van der Waals surface area contributed by atoms with Crippen LogP contribution in [0, 0.1) is 23.2 Å². The topological polar surface area (TPSA) is 44.1 Å². The summed E-state index contributed by atoms with van der Waals surface area (Å²) in [6.07, 6.45) is 4.08. The molecule has 1 saturated heterocycles. The zero-order valence-electron chi connectivity index (χ0n) is 7.70. The van der Waals surface area contributed by atoms with E-state index in [0.717, 1.165) is 32.2 Å². The molecule has 1 aliphatic heterocycles. The van der Waals surface area contributed by atoms with Crippen molar-refractivity contribution in [3.05, 3.63) is 0 Å². The fourth-order valence-corrected chi connectivity index (χ4v) is 1.87. The minimum Gasteiger partial charge on any atom is -0.341 e. The number of nitriles is 1. The predicted octanol–water partition coefficient (Wildman–Crippen LogP) is 1.16. The molecule has 70 valence electrons. The van der Waals surface area contributed by atoms with E-state index in [4.69, 9.17) is 5.26 Å². The zero-order chi connectivity index (χ0) is 9.26. The van der Waals surface area contributed by atoms with E-state index in [-0.39, 0.29) is 5.92 Å². The quantitative estimate of drug-likeness (QED) is 0.604. The number of amides is 1. The van der Waals surface area contributed by atoms with Gasteiger partial charge in [0.25, 0.3) is 0 Å². The Bertz CT molecular complexity index is 252. The summed E-state index contributed by atoms with van der Waals surface area (Å²) in [5.74, 6) is 0.675. The summed E-state index contributed by atoms with van der Waals surface area (Å²) in [5.41, 5.74) is 0. The molecule has 1 atom stereocenters. The van der Waals surface area contributed by atoms with E-state index < -0.39 is 0 Å². The molecule has 0 bridgehead atoms. The third kappa shape index (κ3) is 1.82. The maximum Gasteiger partial charge on any atom is 0.225 e. The second kappa shape index (κ2) is 3.37. The molecule has 2 fully saturated rings. The van der Waals surface area contributed by atoms with Crippen LogP contribution < -0.4 is 0 Å². The first-order valence-electron chi connectivity index (χ1n) is 4.99. The number of carbonyl (C=O) groups excluding carboxylic acids is 1. The lowest BCUT2D eigenvalue weighted by Crippen LogP contribution is -2.40. The molecule has 0 N–H and O–H groups in total. The van der Waals surface area contributed by atoms with Crippen LogP contribution in [0.5, 0.6) is 0 Å². The molecule has 1 unspecified atom stereocenters. The molecule has 2 rings (SSSR count). The normalized spacial score (nSPS) is 28.2. The van der Waals surface area contributed by atoms with Crippen LogP contribution in [0.15, 0.2) is 0 Å². The highest BCUT2D eigenvalue weighted by Gasteiger charge is 2.35. The van der Waals surface area contributed by atoms with Gasteiger partial charge < -0.3 is 4.90 Å². The van der Waals surface area contributed by atoms with Crippen molar-refractivity contribution in [3.8, 4) is 6.07 Å². The van der Waals surface area contributed by atoms with Crippen LogP contribution in [-0.4, -0.2) is 23.9 Å². The van der Waals surface area contributed by atoms with Gasteiger partial charge in [0.05, 0.1) is 12.0 Å².